The summed E-state index contributed by atoms with van der Waals surface area (Å²) in [7, 11) is 0. The third kappa shape index (κ3) is 4.59. The van der Waals surface area contributed by atoms with Gasteiger partial charge in [0.15, 0.2) is 5.82 Å². The largest absolute Gasteiger partial charge is 0.354 e. The summed E-state index contributed by atoms with van der Waals surface area (Å²) in [6, 6.07) is 2.02. The van der Waals surface area contributed by atoms with Gasteiger partial charge in [-0.3, -0.25) is 9.48 Å². The van der Waals surface area contributed by atoms with Crippen molar-refractivity contribution in [2.75, 3.05) is 19.6 Å². The molecule has 0 radical (unpaired) electrons. The molecule has 0 bridgehead atoms. The standard InChI is InChI=1S/C14H22N8O/c23-14(16-7-2-4-13-17-20-21-18-13)10-22-8-5-12(19-22)11-3-1-6-15-9-11/h5,8,11,15H,1-4,6-7,9-10H2,(H,16,23)(H,17,18,20,21)/t11-/m0/s1. The predicted octanol–water partition coefficient (Wildman–Crippen LogP) is -0.388. The van der Waals surface area contributed by atoms with Crippen LogP contribution in [0.2, 0.25) is 0 Å². The van der Waals surface area contributed by atoms with Crippen LogP contribution < -0.4 is 10.6 Å². The highest BCUT2D eigenvalue weighted by molar-refractivity contribution is 5.75. The van der Waals surface area contributed by atoms with Gasteiger partial charge in [-0.2, -0.15) is 10.3 Å². The third-order valence-electron chi connectivity index (χ3n) is 3.97. The van der Waals surface area contributed by atoms with Crippen molar-refractivity contribution < 1.29 is 4.79 Å². The first-order valence-electron chi connectivity index (χ1n) is 8.04. The second-order valence-electron chi connectivity index (χ2n) is 5.76. The Balaban J connectivity index is 1.38. The maximum atomic E-state index is 11.9. The highest BCUT2D eigenvalue weighted by atomic mass is 16.2. The van der Waals surface area contributed by atoms with Crippen molar-refractivity contribution in [2.45, 2.75) is 38.1 Å². The van der Waals surface area contributed by atoms with E-state index in [-0.39, 0.29) is 12.5 Å². The molecule has 1 aliphatic heterocycles. The first-order valence-corrected chi connectivity index (χ1v) is 8.04. The summed E-state index contributed by atoms with van der Waals surface area (Å²) < 4.78 is 1.71. The Morgan fingerprint density at radius 1 is 1.48 bits per heavy atom. The van der Waals surface area contributed by atoms with Gasteiger partial charge in [0, 0.05) is 31.6 Å². The quantitative estimate of drug-likeness (QED) is 0.599. The van der Waals surface area contributed by atoms with Crippen LogP contribution in [0.25, 0.3) is 0 Å². The van der Waals surface area contributed by atoms with Crippen LogP contribution in [-0.4, -0.2) is 55.9 Å². The van der Waals surface area contributed by atoms with Crippen LogP contribution in [0.4, 0.5) is 0 Å². The molecule has 2 aromatic heterocycles. The van der Waals surface area contributed by atoms with Crippen LogP contribution in [0.5, 0.6) is 0 Å². The third-order valence-corrected chi connectivity index (χ3v) is 3.97. The number of aromatic nitrogens is 6. The Hall–Kier alpha value is -2.29. The number of nitrogens with zero attached hydrogens (tertiary/aromatic N) is 5. The minimum atomic E-state index is -0.0328. The van der Waals surface area contributed by atoms with Gasteiger partial charge in [0.05, 0.1) is 5.69 Å². The van der Waals surface area contributed by atoms with Crippen molar-refractivity contribution in [2.24, 2.45) is 0 Å². The zero-order chi connectivity index (χ0) is 15.9. The van der Waals surface area contributed by atoms with Gasteiger partial charge in [-0.15, -0.1) is 10.2 Å². The molecule has 1 saturated heterocycles. The fourth-order valence-electron chi connectivity index (χ4n) is 2.75. The Labute approximate surface area is 134 Å². The van der Waals surface area contributed by atoms with Crippen molar-refractivity contribution >= 4 is 5.91 Å². The zero-order valence-corrected chi connectivity index (χ0v) is 13.0. The van der Waals surface area contributed by atoms with Gasteiger partial charge in [-0.05, 0) is 31.9 Å². The number of tetrazole rings is 1. The maximum absolute atomic E-state index is 11.9. The molecule has 1 aliphatic rings. The minimum Gasteiger partial charge on any atom is -0.354 e. The molecule has 9 heteroatoms. The van der Waals surface area contributed by atoms with Gasteiger partial charge in [0.2, 0.25) is 5.91 Å². The van der Waals surface area contributed by atoms with Gasteiger partial charge in [-0.25, -0.2) is 0 Å². The topological polar surface area (TPSA) is 113 Å². The molecule has 23 heavy (non-hydrogen) atoms. The smallest absolute Gasteiger partial charge is 0.241 e. The van der Waals surface area contributed by atoms with Crippen LogP contribution in [0.3, 0.4) is 0 Å². The Kier molecular flexibility index (Phi) is 5.30. The van der Waals surface area contributed by atoms with Gasteiger partial charge in [0.25, 0.3) is 0 Å². The average Bonchev–Trinajstić information content (AvgIpc) is 3.24. The molecule has 0 aliphatic carbocycles. The molecule has 3 heterocycles. The molecule has 0 unspecified atom stereocenters. The number of carbonyl (C=O) groups excluding carboxylic acids is 1. The summed E-state index contributed by atoms with van der Waals surface area (Å²) in [5.41, 5.74) is 1.07. The molecule has 0 saturated carbocycles. The molecule has 0 aromatic carbocycles. The number of nitrogens with one attached hydrogen (secondary N) is 3. The van der Waals surface area contributed by atoms with E-state index in [1.54, 1.807) is 4.68 Å². The summed E-state index contributed by atoms with van der Waals surface area (Å²) >= 11 is 0. The van der Waals surface area contributed by atoms with Gasteiger partial charge >= 0.3 is 0 Å². The van der Waals surface area contributed by atoms with Gasteiger partial charge in [0.1, 0.15) is 6.54 Å². The lowest BCUT2D eigenvalue weighted by molar-refractivity contribution is -0.121. The fourth-order valence-corrected chi connectivity index (χ4v) is 2.75. The lowest BCUT2D eigenvalue weighted by atomic mass is 9.97. The zero-order valence-electron chi connectivity index (χ0n) is 13.0. The van der Waals surface area contributed by atoms with E-state index in [0.29, 0.717) is 24.7 Å². The van der Waals surface area contributed by atoms with Crippen LogP contribution >= 0.6 is 0 Å². The predicted molar refractivity (Wildman–Crippen MR) is 82.6 cm³/mol. The molecule has 1 atom stereocenters. The number of hydrogen-bond donors (Lipinski definition) is 3. The second-order valence-corrected chi connectivity index (χ2v) is 5.76. The van der Waals surface area contributed by atoms with E-state index in [4.69, 9.17) is 0 Å². The number of aromatic amines is 1. The van der Waals surface area contributed by atoms with E-state index >= 15 is 0 Å². The van der Waals surface area contributed by atoms with Crippen molar-refractivity contribution in [3.05, 3.63) is 23.8 Å². The average molecular weight is 318 g/mol. The first-order chi connectivity index (χ1) is 11.3. The number of amides is 1. The molecule has 1 amide bonds. The van der Waals surface area contributed by atoms with E-state index in [2.05, 4.69) is 36.4 Å². The van der Waals surface area contributed by atoms with Crippen molar-refractivity contribution in [1.29, 1.82) is 0 Å². The fraction of sp³-hybridized carbons (Fsp3) is 0.643. The SMILES string of the molecule is O=C(Cn1ccc([C@H]2CCCNC2)n1)NCCCc1nn[nH]n1. The molecule has 0 spiro atoms. The van der Waals surface area contributed by atoms with E-state index < -0.39 is 0 Å². The van der Waals surface area contributed by atoms with E-state index in [1.165, 1.54) is 6.42 Å². The molecule has 124 valence electrons. The number of carbonyl (C=O) groups is 1. The molecular formula is C14H22N8O. The van der Waals surface area contributed by atoms with Crippen molar-refractivity contribution in [3.63, 3.8) is 0 Å². The summed E-state index contributed by atoms with van der Waals surface area (Å²) in [4.78, 5) is 11.9. The monoisotopic (exact) mass is 318 g/mol. The van der Waals surface area contributed by atoms with Gasteiger partial charge < -0.3 is 10.6 Å². The number of rotatable bonds is 7. The van der Waals surface area contributed by atoms with E-state index in [9.17, 15) is 4.79 Å². The number of aryl methyl sites for hydroxylation is 1. The summed E-state index contributed by atoms with van der Waals surface area (Å²) in [6.45, 7) is 2.90. The first kappa shape index (κ1) is 15.6. The van der Waals surface area contributed by atoms with Crippen LogP contribution in [-0.2, 0) is 17.8 Å². The molecular weight excluding hydrogens is 296 g/mol. The van der Waals surface area contributed by atoms with E-state index in [1.807, 2.05) is 12.3 Å². The molecule has 3 rings (SSSR count). The summed E-state index contributed by atoms with van der Waals surface area (Å²) in [5, 5.41) is 24.4. The Morgan fingerprint density at radius 3 is 3.22 bits per heavy atom. The van der Waals surface area contributed by atoms with Crippen LogP contribution in [0.15, 0.2) is 12.3 Å². The maximum Gasteiger partial charge on any atom is 0.241 e. The van der Waals surface area contributed by atoms with Gasteiger partial charge in [-0.1, -0.05) is 5.21 Å². The van der Waals surface area contributed by atoms with Crippen molar-refractivity contribution in [3.8, 4) is 0 Å². The summed E-state index contributed by atoms with van der Waals surface area (Å²) in [6.07, 6.45) is 5.69. The number of piperidine rings is 1. The lowest BCUT2D eigenvalue weighted by Crippen LogP contribution is -2.30. The Bertz CT molecular complexity index is 602. The molecule has 9 nitrogen and oxygen atoms in total. The lowest BCUT2D eigenvalue weighted by Gasteiger charge is -2.20. The minimum absolute atomic E-state index is 0.0328. The molecule has 2 aromatic rings. The Morgan fingerprint density at radius 2 is 2.43 bits per heavy atom. The molecule has 3 N–H and O–H groups in total. The second kappa shape index (κ2) is 7.82. The van der Waals surface area contributed by atoms with Crippen molar-refractivity contribution in [1.82, 2.24) is 41.0 Å². The number of H-pyrrole nitrogens is 1. The van der Waals surface area contributed by atoms with Crippen LogP contribution in [0.1, 0.15) is 36.7 Å². The van der Waals surface area contributed by atoms with E-state index in [0.717, 1.165) is 31.6 Å². The number of hydrogen-bond acceptors (Lipinski definition) is 6. The highest BCUT2D eigenvalue weighted by Crippen LogP contribution is 2.21. The normalized spacial score (nSPS) is 18.0. The molecule has 1 fully saturated rings. The highest BCUT2D eigenvalue weighted by Gasteiger charge is 2.17. The van der Waals surface area contributed by atoms with Crippen LogP contribution in [0, 0.1) is 0 Å². The summed E-state index contributed by atoms with van der Waals surface area (Å²) in [5.74, 6) is 1.09.